The number of anilines is 2. The van der Waals surface area contributed by atoms with Crippen LogP contribution >= 0.6 is 11.8 Å². The third-order valence-electron chi connectivity index (χ3n) is 17.0. The van der Waals surface area contributed by atoms with Gasteiger partial charge in [-0.15, -0.1) is 0 Å². The molecule has 6 aromatic rings. The highest BCUT2D eigenvalue weighted by Crippen LogP contribution is 2.40. The smallest absolute Gasteiger partial charge is 0.264 e. The number of carbonyl (C=O) groups is 3. The van der Waals surface area contributed by atoms with Gasteiger partial charge >= 0.3 is 0 Å². The monoisotopic (exact) mass is 1060 g/mol. The molecular weight excluding hydrogens is 991 g/mol. The lowest BCUT2D eigenvalue weighted by Crippen LogP contribution is -2.52. The first-order valence-electron chi connectivity index (χ1n) is 27.2. The summed E-state index contributed by atoms with van der Waals surface area (Å²) in [5.74, 6) is -2.94. The summed E-state index contributed by atoms with van der Waals surface area (Å²) in [5, 5.41) is 20.5. The maximum Gasteiger partial charge on any atom is 0.264 e. The molecule has 1 N–H and O–H groups in total. The molecule has 0 aliphatic carbocycles. The summed E-state index contributed by atoms with van der Waals surface area (Å²) in [5.41, 5.74) is 11.5. The number of phenolic OH excluding ortho intramolecular Hbond substituents is 1. The standard InChI is InChI=1S/C62H70F2N8O4S/c1-41-52(61(76)72(49-17-19-51(73)20-18-49)55-35-50(37-65)66(3)42(55)2)36-56(67(41)4)53-32-46-22-28-70(59(74)31-44-15-13-43(14-16-44)21-27-68-29-23-62(63,64)24-30-68)38-48(46)33-54(53)60(75)71-39-47-12-8-7-11-45(47)34-58(77-5)57(71)40-69-25-9-6-10-26-69/h7-8,11-20,32-33,35-36,57-58,73H,6,9-10,21-31,34,38-40H2,1-5H3. The van der Waals surface area contributed by atoms with Crippen LogP contribution in [0.25, 0.3) is 11.3 Å². The highest BCUT2D eigenvalue weighted by atomic mass is 32.2. The second kappa shape index (κ2) is 22.7. The van der Waals surface area contributed by atoms with Crippen LogP contribution in [0.4, 0.5) is 20.2 Å². The Labute approximate surface area is 455 Å². The number of hydrogen-bond donors (Lipinski definition) is 1. The van der Waals surface area contributed by atoms with E-state index in [4.69, 9.17) is 0 Å². The summed E-state index contributed by atoms with van der Waals surface area (Å²) >= 11 is 1.82. The quantitative estimate of drug-likeness (QED) is 0.121. The lowest BCUT2D eigenvalue weighted by atomic mass is 9.90. The van der Waals surface area contributed by atoms with Gasteiger partial charge in [-0.25, -0.2) is 8.78 Å². The predicted molar refractivity (Wildman–Crippen MR) is 300 cm³/mol. The van der Waals surface area contributed by atoms with Crippen molar-refractivity contribution in [3.8, 4) is 23.1 Å². The SMILES string of the molecule is CSC1Cc2ccccc2CN(C(=O)c2cc3c(cc2-c2cc(C(=O)N(c4ccc(O)cc4)c4cc(C#N)n(C)c4C)c(C)n2C)CCN(C(=O)Cc2ccc(CCN4CCC(F)(F)CC4)cc2)C3)C1CN1CCCCC1. The number of piperidine rings is 2. The van der Waals surface area contributed by atoms with Crippen molar-refractivity contribution >= 4 is 40.9 Å². The molecule has 15 heteroatoms. The number of hydrogen-bond acceptors (Lipinski definition) is 8. The van der Waals surface area contributed by atoms with Gasteiger partial charge in [-0.3, -0.25) is 19.3 Å². The van der Waals surface area contributed by atoms with Crippen LogP contribution in [0.2, 0.25) is 0 Å². The molecule has 0 spiro atoms. The largest absolute Gasteiger partial charge is 0.508 e. The molecule has 4 aliphatic rings. The summed E-state index contributed by atoms with van der Waals surface area (Å²) in [4.78, 5) is 56.0. The van der Waals surface area contributed by atoms with E-state index in [-0.39, 0.29) is 54.0 Å². The van der Waals surface area contributed by atoms with E-state index in [0.717, 1.165) is 79.7 Å². The van der Waals surface area contributed by atoms with Crippen LogP contribution in [0.1, 0.15) is 103 Å². The van der Waals surface area contributed by atoms with E-state index in [1.165, 1.54) is 24.1 Å². The summed E-state index contributed by atoms with van der Waals surface area (Å²) in [6.07, 6.45) is 7.83. The van der Waals surface area contributed by atoms with Crippen LogP contribution in [0.15, 0.2) is 97.1 Å². The zero-order valence-corrected chi connectivity index (χ0v) is 45.9. The molecule has 10 rings (SSSR count). The Balaban J connectivity index is 1.01. The third kappa shape index (κ3) is 11.3. The van der Waals surface area contributed by atoms with E-state index in [9.17, 15) is 23.9 Å². The van der Waals surface area contributed by atoms with Crippen molar-refractivity contribution in [2.75, 3.05) is 57.0 Å². The number of carbonyl (C=O) groups excluding carboxylic acids is 3. The second-order valence-corrected chi connectivity index (χ2v) is 22.8. The molecule has 6 heterocycles. The number of thioether (sulfide) groups is 1. The normalized spacial score (nSPS) is 18.8. The molecule has 12 nitrogen and oxygen atoms in total. The molecular formula is C62H70F2N8O4S. The van der Waals surface area contributed by atoms with Gasteiger partial charge in [0.15, 0.2) is 0 Å². The van der Waals surface area contributed by atoms with E-state index in [1.54, 1.807) is 34.7 Å². The van der Waals surface area contributed by atoms with E-state index < -0.39 is 5.92 Å². The maximum atomic E-state index is 16.2. The Morgan fingerprint density at radius 1 is 0.766 bits per heavy atom. The lowest BCUT2D eigenvalue weighted by Gasteiger charge is -2.39. The van der Waals surface area contributed by atoms with Crippen molar-refractivity contribution in [3.63, 3.8) is 0 Å². The number of fused-ring (bicyclic) bond motifs is 2. The molecule has 0 radical (unpaired) electrons. The average molecular weight is 1060 g/mol. The second-order valence-electron chi connectivity index (χ2n) is 21.7. The molecule has 2 fully saturated rings. The number of nitriles is 1. The maximum absolute atomic E-state index is 16.2. The van der Waals surface area contributed by atoms with E-state index in [0.29, 0.717) is 90.0 Å². The van der Waals surface area contributed by atoms with Gasteiger partial charge in [-0.2, -0.15) is 17.0 Å². The molecule has 3 amide bonds. The summed E-state index contributed by atoms with van der Waals surface area (Å²) in [7, 11) is 3.72. The minimum Gasteiger partial charge on any atom is -0.508 e. The Bertz CT molecular complexity index is 3200. The zero-order valence-electron chi connectivity index (χ0n) is 45.0. The molecule has 2 saturated heterocycles. The van der Waals surface area contributed by atoms with Crippen LogP contribution in [0, 0.1) is 25.2 Å². The number of aromatic nitrogens is 2. The Hall–Kier alpha value is -6.73. The van der Waals surface area contributed by atoms with Crippen molar-refractivity contribution in [1.82, 2.24) is 28.7 Å². The highest BCUT2D eigenvalue weighted by Gasteiger charge is 2.39. The summed E-state index contributed by atoms with van der Waals surface area (Å²) < 4.78 is 31.2. The Morgan fingerprint density at radius 3 is 2.16 bits per heavy atom. The first-order valence-corrected chi connectivity index (χ1v) is 28.5. The highest BCUT2D eigenvalue weighted by molar-refractivity contribution is 7.99. The molecule has 4 aromatic carbocycles. The zero-order chi connectivity index (χ0) is 54.1. The fourth-order valence-electron chi connectivity index (χ4n) is 12.0. The first kappa shape index (κ1) is 53.7. The molecule has 402 valence electrons. The number of phenols is 1. The van der Waals surface area contributed by atoms with Crippen LogP contribution < -0.4 is 4.90 Å². The summed E-state index contributed by atoms with van der Waals surface area (Å²) in [6.45, 7) is 9.34. The molecule has 4 aliphatic heterocycles. The number of benzene rings is 4. The van der Waals surface area contributed by atoms with Gasteiger partial charge in [-0.1, -0.05) is 55.0 Å². The van der Waals surface area contributed by atoms with Gasteiger partial charge < -0.3 is 33.8 Å². The van der Waals surface area contributed by atoms with E-state index >= 15 is 9.59 Å². The molecule has 0 bridgehead atoms. The number of nitrogens with zero attached hydrogens (tertiary/aromatic N) is 8. The van der Waals surface area contributed by atoms with Gasteiger partial charge in [0, 0.05) is 112 Å². The fourth-order valence-corrected chi connectivity index (χ4v) is 12.9. The van der Waals surface area contributed by atoms with E-state index in [2.05, 4.69) is 57.4 Å². The van der Waals surface area contributed by atoms with Gasteiger partial charge in [-0.05, 0) is 147 Å². The van der Waals surface area contributed by atoms with Gasteiger partial charge in [0.1, 0.15) is 17.5 Å². The minimum absolute atomic E-state index is 0.00179. The number of rotatable bonds is 13. The number of amides is 3. The number of aromatic hydroxyl groups is 1. The summed E-state index contributed by atoms with van der Waals surface area (Å²) in [6, 6.07) is 32.9. The average Bonchev–Trinajstić information content (AvgIpc) is 3.91. The number of halogens is 2. The molecule has 2 unspecified atom stereocenters. The van der Waals surface area contributed by atoms with Crippen LogP contribution in [0.3, 0.4) is 0 Å². The van der Waals surface area contributed by atoms with E-state index in [1.807, 2.05) is 78.5 Å². The molecule has 0 saturated carbocycles. The number of likely N-dealkylation sites (tertiary alicyclic amines) is 2. The molecule has 77 heavy (non-hydrogen) atoms. The van der Waals surface area contributed by atoms with Crippen molar-refractivity contribution in [3.05, 3.63) is 159 Å². The topological polar surface area (TPSA) is 121 Å². The van der Waals surface area contributed by atoms with Crippen molar-refractivity contribution in [1.29, 1.82) is 5.26 Å². The lowest BCUT2D eigenvalue weighted by molar-refractivity contribution is -0.131. The minimum atomic E-state index is -2.57. The van der Waals surface area contributed by atoms with Crippen molar-refractivity contribution in [2.24, 2.45) is 14.1 Å². The third-order valence-corrected chi connectivity index (χ3v) is 18.1. The molecule has 2 atom stereocenters. The first-order chi connectivity index (χ1) is 37.1. The van der Waals surface area contributed by atoms with Crippen LogP contribution in [-0.2, 0) is 57.7 Å². The van der Waals surface area contributed by atoms with Crippen molar-refractivity contribution in [2.45, 2.75) is 102 Å². The molecule has 2 aromatic heterocycles. The fraction of sp³-hybridized carbons (Fsp3) is 0.419. The van der Waals surface area contributed by atoms with Crippen LogP contribution in [-0.4, -0.2) is 121 Å². The van der Waals surface area contributed by atoms with Gasteiger partial charge in [0.25, 0.3) is 17.7 Å². The van der Waals surface area contributed by atoms with Crippen molar-refractivity contribution < 1.29 is 28.3 Å². The number of alkyl halides is 2. The Morgan fingerprint density at radius 2 is 1.47 bits per heavy atom. The Kier molecular flexibility index (Phi) is 15.8. The predicted octanol–water partition coefficient (Wildman–Crippen LogP) is 10.4. The van der Waals surface area contributed by atoms with Gasteiger partial charge in [0.05, 0.1) is 23.7 Å². The van der Waals surface area contributed by atoms with Gasteiger partial charge in [0.2, 0.25) is 5.91 Å². The van der Waals surface area contributed by atoms with Crippen LogP contribution in [0.5, 0.6) is 5.75 Å².